The zero-order chi connectivity index (χ0) is 11.5. The van der Waals surface area contributed by atoms with Gasteiger partial charge in [0.2, 0.25) is 0 Å². The first-order valence-corrected chi connectivity index (χ1v) is 5.38. The molecule has 0 aliphatic heterocycles. The van der Waals surface area contributed by atoms with Crippen molar-refractivity contribution in [3.63, 3.8) is 0 Å². The van der Waals surface area contributed by atoms with E-state index in [1.165, 1.54) is 0 Å². The lowest BCUT2D eigenvalue weighted by atomic mass is 9.95. The van der Waals surface area contributed by atoms with Crippen molar-refractivity contribution >= 4 is 0 Å². The molecule has 1 saturated carbocycles. The Kier molecular flexibility index (Phi) is 9.48. The quantitative estimate of drug-likeness (QED) is 0.552. The van der Waals surface area contributed by atoms with Crippen molar-refractivity contribution in [3.8, 4) is 0 Å². The molecule has 1 fully saturated rings. The van der Waals surface area contributed by atoms with E-state index < -0.39 is 12.2 Å². The van der Waals surface area contributed by atoms with Gasteiger partial charge in [-0.3, -0.25) is 0 Å². The Hall–Kier alpha value is -0.640. The molecule has 2 atom stereocenters. The fraction of sp³-hybridized carbons (Fsp3) is 0.667. The maximum absolute atomic E-state index is 8.93. The van der Waals surface area contributed by atoms with Crippen LogP contribution >= 0.6 is 0 Å². The Bertz CT molecular complexity index is 150. The molecule has 15 heavy (non-hydrogen) atoms. The zero-order valence-electron chi connectivity index (χ0n) is 9.27. The third kappa shape index (κ3) is 8.36. The van der Waals surface area contributed by atoms with Gasteiger partial charge in [0.1, 0.15) is 0 Å². The highest BCUT2D eigenvalue weighted by Crippen LogP contribution is 2.17. The fourth-order valence-electron chi connectivity index (χ4n) is 1.33. The average molecular weight is 214 g/mol. The summed E-state index contributed by atoms with van der Waals surface area (Å²) in [6.45, 7) is 8.18. The van der Waals surface area contributed by atoms with Crippen LogP contribution in [0.15, 0.2) is 25.3 Å². The summed E-state index contributed by atoms with van der Waals surface area (Å²) in [6.07, 6.45) is 6.23. The van der Waals surface area contributed by atoms with Crippen molar-refractivity contribution in [1.29, 1.82) is 0 Å². The van der Waals surface area contributed by atoms with Gasteiger partial charge in [0.15, 0.2) is 0 Å². The minimum absolute atomic E-state index is 0.441. The number of rotatable bonds is 4. The number of aliphatic hydroxyl groups is 2. The van der Waals surface area contributed by atoms with Gasteiger partial charge in [-0.1, -0.05) is 25.0 Å². The van der Waals surface area contributed by atoms with Gasteiger partial charge in [0, 0.05) is 0 Å². The smallest absolute Gasteiger partial charge is 0.0799 e. The lowest BCUT2D eigenvalue weighted by Gasteiger charge is -2.22. The molecule has 0 saturated heterocycles. The summed E-state index contributed by atoms with van der Waals surface area (Å²) in [4.78, 5) is 0. The molecule has 3 nitrogen and oxygen atoms in total. The monoisotopic (exact) mass is 214 g/mol. The predicted octanol–water partition coefficient (Wildman–Crippen LogP) is 1.66. The Balaban J connectivity index is 0.000000265. The molecular formula is C12H22O3. The first-order valence-electron chi connectivity index (χ1n) is 5.38. The molecule has 0 radical (unpaired) electrons. The number of hydrogen-bond acceptors (Lipinski definition) is 3. The van der Waals surface area contributed by atoms with E-state index in [0.717, 1.165) is 25.7 Å². The van der Waals surface area contributed by atoms with Gasteiger partial charge >= 0.3 is 0 Å². The lowest BCUT2D eigenvalue weighted by molar-refractivity contribution is -0.00865. The highest BCUT2D eigenvalue weighted by molar-refractivity contribution is 4.72. The number of ether oxygens (including phenoxy) is 1. The minimum atomic E-state index is -0.441. The van der Waals surface area contributed by atoms with Crippen LogP contribution in [0.4, 0.5) is 0 Å². The first-order chi connectivity index (χ1) is 7.22. The van der Waals surface area contributed by atoms with Crippen LogP contribution in [0.1, 0.15) is 25.7 Å². The van der Waals surface area contributed by atoms with Crippen LogP contribution in [-0.4, -0.2) is 35.6 Å². The van der Waals surface area contributed by atoms with Gasteiger partial charge in [-0.15, -0.1) is 13.2 Å². The molecule has 0 aromatic heterocycles. The largest absolute Gasteiger partial charge is 0.390 e. The molecule has 1 rings (SSSR count). The van der Waals surface area contributed by atoms with E-state index in [9.17, 15) is 0 Å². The van der Waals surface area contributed by atoms with Crippen LogP contribution in [0.3, 0.4) is 0 Å². The minimum Gasteiger partial charge on any atom is -0.390 e. The molecule has 0 aromatic rings. The van der Waals surface area contributed by atoms with Crippen LogP contribution in [-0.2, 0) is 4.74 Å². The molecular weight excluding hydrogens is 192 g/mol. The van der Waals surface area contributed by atoms with Gasteiger partial charge in [-0.25, -0.2) is 0 Å². The Morgan fingerprint density at radius 1 is 1.00 bits per heavy atom. The van der Waals surface area contributed by atoms with Gasteiger partial charge in [-0.05, 0) is 12.8 Å². The molecule has 0 heterocycles. The van der Waals surface area contributed by atoms with E-state index in [-0.39, 0.29) is 0 Å². The van der Waals surface area contributed by atoms with E-state index in [2.05, 4.69) is 13.2 Å². The summed E-state index contributed by atoms with van der Waals surface area (Å²) >= 11 is 0. The van der Waals surface area contributed by atoms with E-state index in [0.29, 0.717) is 13.2 Å². The van der Waals surface area contributed by atoms with E-state index >= 15 is 0 Å². The summed E-state index contributed by atoms with van der Waals surface area (Å²) < 4.78 is 4.90. The number of hydrogen-bond donors (Lipinski definition) is 2. The van der Waals surface area contributed by atoms with Crippen molar-refractivity contribution < 1.29 is 14.9 Å². The normalized spacial score (nSPS) is 24.9. The van der Waals surface area contributed by atoms with Crippen molar-refractivity contribution in [2.45, 2.75) is 37.9 Å². The third-order valence-electron chi connectivity index (χ3n) is 2.17. The molecule has 2 N–H and O–H groups in total. The van der Waals surface area contributed by atoms with Crippen molar-refractivity contribution in [1.82, 2.24) is 0 Å². The van der Waals surface area contributed by atoms with Crippen molar-refractivity contribution in [2.75, 3.05) is 13.2 Å². The second-order valence-electron chi connectivity index (χ2n) is 3.53. The van der Waals surface area contributed by atoms with E-state index in [1.54, 1.807) is 12.2 Å². The van der Waals surface area contributed by atoms with Crippen molar-refractivity contribution in [3.05, 3.63) is 25.3 Å². The molecule has 2 unspecified atom stereocenters. The molecule has 1 aliphatic rings. The SMILES string of the molecule is C=CCOCC=C.OC1CCCCC1O. The molecule has 0 bridgehead atoms. The lowest BCUT2D eigenvalue weighted by Crippen LogP contribution is -2.28. The Morgan fingerprint density at radius 3 is 1.67 bits per heavy atom. The molecule has 0 amide bonds. The zero-order valence-corrected chi connectivity index (χ0v) is 9.27. The van der Waals surface area contributed by atoms with Crippen LogP contribution < -0.4 is 0 Å². The van der Waals surface area contributed by atoms with Crippen LogP contribution in [0.2, 0.25) is 0 Å². The first kappa shape index (κ1) is 14.4. The second kappa shape index (κ2) is 9.90. The van der Waals surface area contributed by atoms with Gasteiger partial charge in [-0.2, -0.15) is 0 Å². The van der Waals surface area contributed by atoms with Gasteiger partial charge in [0.25, 0.3) is 0 Å². The molecule has 0 aromatic carbocycles. The number of aliphatic hydroxyl groups excluding tert-OH is 2. The summed E-state index contributed by atoms with van der Waals surface area (Å²) in [6, 6.07) is 0. The maximum atomic E-state index is 8.93. The molecule has 0 spiro atoms. The third-order valence-corrected chi connectivity index (χ3v) is 2.17. The summed E-state index contributed by atoms with van der Waals surface area (Å²) in [5.41, 5.74) is 0. The predicted molar refractivity (Wildman–Crippen MR) is 61.7 cm³/mol. The van der Waals surface area contributed by atoms with Crippen LogP contribution in [0.25, 0.3) is 0 Å². The summed E-state index contributed by atoms with van der Waals surface area (Å²) in [5.74, 6) is 0. The van der Waals surface area contributed by atoms with Crippen molar-refractivity contribution in [2.24, 2.45) is 0 Å². The Morgan fingerprint density at radius 2 is 1.40 bits per heavy atom. The summed E-state index contributed by atoms with van der Waals surface area (Å²) in [7, 11) is 0. The molecule has 88 valence electrons. The van der Waals surface area contributed by atoms with E-state index in [1.807, 2.05) is 0 Å². The molecule has 3 heteroatoms. The van der Waals surface area contributed by atoms with E-state index in [4.69, 9.17) is 14.9 Å². The average Bonchev–Trinajstić information content (AvgIpc) is 2.24. The standard InChI is InChI=1S/C6H12O2.C6H10O/c7-5-3-1-2-4-6(5)8;1-3-5-7-6-4-2/h5-8H,1-4H2;3-4H,1-2,5-6H2. The van der Waals surface area contributed by atoms with Gasteiger partial charge < -0.3 is 14.9 Å². The topological polar surface area (TPSA) is 49.7 Å². The van der Waals surface area contributed by atoms with Crippen LogP contribution in [0.5, 0.6) is 0 Å². The fourth-order valence-corrected chi connectivity index (χ4v) is 1.33. The summed E-state index contributed by atoms with van der Waals surface area (Å²) in [5, 5.41) is 17.9. The highest BCUT2D eigenvalue weighted by atomic mass is 16.5. The maximum Gasteiger partial charge on any atom is 0.0799 e. The van der Waals surface area contributed by atoms with Crippen LogP contribution in [0, 0.1) is 0 Å². The van der Waals surface area contributed by atoms with Gasteiger partial charge in [0.05, 0.1) is 25.4 Å². The molecule has 1 aliphatic carbocycles. The highest BCUT2D eigenvalue weighted by Gasteiger charge is 2.19. The second-order valence-corrected chi connectivity index (χ2v) is 3.53. The Labute approximate surface area is 92.1 Å².